The van der Waals surface area contributed by atoms with Gasteiger partial charge in [-0.25, -0.2) is 9.78 Å². The van der Waals surface area contributed by atoms with Crippen LogP contribution in [0.3, 0.4) is 0 Å². The maximum Gasteiger partial charge on any atom is 0.332 e. The van der Waals surface area contributed by atoms with Gasteiger partial charge in [0.2, 0.25) is 5.91 Å². The van der Waals surface area contributed by atoms with Gasteiger partial charge in [0, 0.05) is 26.2 Å². The Bertz CT molecular complexity index is 1190. The second kappa shape index (κ2) is 8.03. The molecule has 1 aromatic carbocycles. The van der Waals surface area contributed by atoms with Crippen LogP contribution in [0.5, 0.6) is 0 Å². The highest BCUT2D eigenvalue weighted by atomic mass is 16.2. The molecule has 0 saturated carbocycles. The number of amides is 1. The second-order valence-electron chi connectivity index (χ2n) is 7.41. The van der Waals surface area contributed by atoms with Gasteiger partial charge in [0.05, 0.1) is 11.4 Å². The van der Waals surface area contributed by atoms with E-state index in [2.05, 4.69) is 10.3 Å². The summed E-state index contributed by atoms with van der Waals surface area (Å²) < 4.78 is 2.47. The summed E-state index contributed by atoms with van der Waals surface area (Å²) in [6.45, 7) is 5.64. The van der Waals surface area contributed by atoms with Crippen molar-refractivity contribution in [3.63, 3.8) is 0 Å². The van der Waals surface area contributed by atoms with Gasteiger partial charge in [0.25, 0.3) is 5.56 Å². The number of rotatable bonds is 5. The summed E-state index contributed by atoms with van der Waals surface area (Å²) in [6.07, 6.45) is 0.762. The maximum atomic E-state index is 12.7. The Morgan fingerprint density at radius 3 is 2.41 bits per heavy atom. The molecule has 1 amide bonds. The predicted molar refractivity (Wildman–Crippen MR) is 113 cm³/mol. The number of aromatic nitrogens is 3. The number of nitrogens with one attached hydrogen (secondary N) is 1. The highest BCUT2D eigenvalue weighted by Gasteiger charge is 2.18. The van der Waals surface area contributed by atoms with Crippen molar-refractivity contribution in [1.82, 2.24) is 19.4 Å². The van der Waals surface area contributed by atoms with E-state index in [0.717, 1.165) is 27.0 Å². The van der Waals surface area contributed by atoms with Crippen LogP contribution in [0.1, 0.15) is 41.8 Å². The molecule has 7 nitrogen and oxygen atoms in total. The molecule has 3 rings (SSSR count). The normalized spacial score (nSPS) is 12.2. The molecule has 0 radical (unpaired) electrons. The third-order valence-electron chi connectivity index (χ3n) is 5.45. The van der Waals surface area contributed by atoms with Crippen molar-refractivity contribution >= 4 is 16.9 Å². The van der Waals surface area contributed by atoms with Gasteiger partial charge >= 0.3 is 5.69 Å². The largest absolute Gasteiger partial charge is 0.350 e. The summed E-state index contributed by atoms with van der Waals surface area (Å²) >= 11 is 0. The van der Waals surface area contributed by atoms with E-state index in [4.69, 9.17) is 0 Å². The van der Waals surface area contributed by atoms with Crippen molar-refractivity contribution in [1.29, 1.82) is 0 Å². The van der Waals surface area contributed by atoms with Crippen LogP contribution >= 0.6 is 0 Å². The number of benzene rings is 1. The molecule has 1 unspecified atom stereocenters. The summed E-state index contributed by atoms with van der Waals surface area (Å²) in [5.74, 6) is -0.0615. The fraction of sp³-hybridized carbons (Fsp3) is 0.364. The van der Waals surface area contributed by atoms with E-state index in [9.17, 15) is 14.4 Å². The molecule has 0 aliphatic carbocycles. The highest BCUT2D eigenvalue weighted by Crippen LogP contribution is 2.21. The van der Waals surface area contributed by atoms with Crippen LogP contribution in [0.2, 0.25) is 0 Å². The smallest absolute Gasteiger partial charge is 0.332 e. The Hall–Kier alpha value is -3.22. The third kappa shape index (κ3) is 3.85. The lowest BCUT2D eigenvalue weighted by Gasteiger charge is -2.16. The number of nitrogens with zero attached hydrogens (tertiary/aromatic N) is 3. The minimum absolute atomic E-state index is 0.0615. The van der Waals surface area contributed by atoms with Crippen molar-refractivity contribution in [3.05, 3.63) is 73.6 Å². The van der Waals surface area contributed by atoms with E-state index in [1.165, 1.54) is 11.6 Å². The molecule has 2 heterocycles. The zero-order chi connectivity index (χ0) is 21.3. The van der Waals surface area contributed by atoms with E-state index in [1.54, 1.807) is 7.05 Å². The Balaban J connectivity index is 1.86. The minimum atomic E-state index is -0.407. The Kier molecular flexibility index (Phi) is 5.68. The maximum absolute atomic E-state index is 12.7. The molecule has 7 heteroatoms. The van der Waals surface area contributed by atoms with Gasteiger partial charge in [-0.1, -0.05) is 30.3 Å². The number of carbonyl (C=O) groups is 1. The quantitative estimate of drug-likeness (QED) is 0.718. The monoisotopic (exact) mass is 394 g/mol. The molecule has 1 atom stereocenters. The van der Waals surface area contributed by atoms with Crippen LogP contribution in [-0.2, 0) is 25.3 Å². The van der Waals surface area contributed by atoms with Gasteiger partial charge in [-0.3, -0.25) is 18.7 Å². The molecule has 29 heavy (non-hydrogen) atoms. The van der Waals surface area contributed by atoms with Crippen molar-refractivity contribution in [2.45, 2.75) is 39.7 Å². The number of pyridine rings is 1. The third-order valence-corrected chi connectivity index (χ3v) is 5.45. The molecule has 0 fully saturated rings. The number of hydrogen-bond donors (Lipinski definition) is 1. The lowest BCUT2D eigenvalue weighted by molar-refractivity contribution is -0.121. The zero-order valence-corrected chi connectivity index (χ0v) is 17.4. The van der Waals surface area contributed by atoms with Crippen LogP contribution in [0.15, 0.2) is 39.9 Å². The molecular weight excluding hydrogens is 368 g/mol. The van der Waals surface area contributed by atoms with Crippen molar-refractivity contribution in [3.8, 4) is 0 Å². The average Bonchev–Trinajstić information content (AvgIpc) is 2.70. The molecule has 152 valence electrons. The molecule has 1 N–H and O–H groups in total. The molecule has 0 saturated heterocycles. The van der Waals surface area contributed by atoms with E-state index in [0.29, 0.717) is 17.5 Å². The SMILES string of the molecule is Cc1nc2c(c(C)c1CCC(=O)NC(C)c1ccccc1)c(=O)n(C)c(=O)n2C. The standard InChI is InChI=1S/C22H26N4O3/c1-13-17(11-12-18(27)23-14(2)16-9-7-6-8-10-16)15(3)24-20-19(13)21(28)26(5)22(29)25(20)4/h6-10,14H,11-12H2,1-5H3,(H,23,27). The number of hydrogen-bond acceptors (Lipinski definition) is 4. The Morgan fingerprint density at radius 1 is 1.10 bits per heavy atom. The van der Waals surface area contributed by atoms with Gasteiger partial charge in [-0.2, -0.15) is 0 Å². The van der Waals surface area contributed by atoms with Crippen LogP contribution in [0.4, 0.5) is 0 Å². The van der Waals surface area contributed by atoms with Crippen LogP contribution in [-0.4, -0.2) is 20.0 Å². The second-order valence-corrected chi connectivity index (χ2v) is 7.41. The summed E-state index contributed by atoms with van der Waals surface area (Å²) in [5, 5.41) is 3.43. The highest BCUT2D eigenvalue weighted by molar-refractivity contribution is 5.81. The minimum Gasteiger partial charge on any atom is -0.350 e. The van der Waals surface area contributed by atoms with Gasteiger partial charge < -0.3 is 5.32 Å². The van der Waals surface area contributed by atoms with E-state index >= 15 is 0 Å². The summed E-state index contributed by atoms with van der Waals surface area (Å²) in [6, 6.07) is 9.70. The first kappa shape index (κ1) is 20.5. The van der Waals surface area contributed by atoms with Crippen LogP contribution in [0.25, 0.3) is 11.0 Å². The van der Waals surface area contributed by atoms with Crippen LogP contribution in [0, 0.1) is 13.8 Å². The van der Waals surface area contributed by atoms with Gasteiger partial charge in [-0.05, 0) is 43.9 Å². The molecule has 0 bridgehead atoms. The summed E-state index contributed by atoms with van der Waals surface area (Å²) in [7, 11) is 3.07. The summed E-state index contributed by atoms with van der Waals surface area (Å²) in [4.78, 5) is 41.8. The first-order chi connectivity index (χ1) is 13.7. The van der Waals surface area contributed by atoms with Crippen LogP contribution < -0.4 is 16.6 Å². The molecule has 2 aromatic heterocycles. The molecule has 0 spiro atoms. The van der Waals surface area contributed by atoms with Crippen molar-refractivity contribution in [2.24, 2.45) is 14.1 Å². The fourth-order valence-electron chi connectivity index (χ4n) is 3.69. The molecule has 3 aromatic rings. The fourth-order valence-corrected chi connectivity index (χ4v) is 3.69. The predicted octanol–water partition coefficient (Wildman–Crippen LogP) is 2.06. The average molecular weight is 394 g/mol. The number of carbonyl (C=O) groups excluding carboxylic acids is 1. The Morgan fingerprint density at radius 2 is 1.76 bits per heavy atom. The zero-order valence-electron chi connectivity index (χ0n) is 17.4. The molecule has 0 aliphatic heterocycles. The van der Waals surface area contributed by atoms with Crippen molar-refractivity contribution < 1.29 is 4.79 Å². The first-order valence-electron chi connectivity index (χ1n) is 9.62. The molecular formula is C22H26N4O3. The molecule has 0 aliphatic rings. The first-order valence-corrected chi connectivity index (χ1v) is 9.62. The number of fused-ring (bicyclic) bond motifs is 1. The van der Waals surface area contributed by atoms with Crippen molar-refractivity contribution in [2.75, 3.05) is 0 Å². The van der Waals surface area contributed by atoms with E-state index < -0.39 is 5.69 Å². The Labute approximate surface area is 169 Å². The lowest BCUT2D eigenvalue weighted by atomic mass is 9.99. The number of aryl methyl sites for hydroxylation is 3. The topological polar surface area (TPSA) is 86.0 Å². The van der Waals surface area contributed by atoms with Gasteiger partial charge in [0.15, 0.2) is 0 Å². The van der Waals surface area contributed by atoms with Gasteiger partial charge in [0.1, 0.15) is 5.65 Å². The summed E-state index contributed by atoms with van der Waals surface area (Å²) in [5.41, 5.74) is 3.02. The van der Waals surface area contributed by atoms with E-state index in [-0.39, 0.29) is 23.9 Å². The lowest BCUT2D eigenvalue weighted by Crippen LogP contribution is -2.38. The van der Waals surface area contributed by atoms with E-state index in [1.807, 2.05) is 51.1 Å². The van der Waals surface area contributed by atoms with Gasteiger partial charge in [-0.15, -0.1) is 0 Å².